The molecule has 0 spiro atoms. The van der Waals surface area contributed by atoms with Crippen molar-refractivity contribution in [2.45, 2.75) is 11.3 Å². The molecule has 0 atom stereocenters. The van der Waals surface area contributed by atoms with Crippen LogP contribution in [0, 0.1) is 5.82 Å². The topological polar surface area (TPSA) is 94.0 Å². The summed E-state index contributed by atoms with van der Waals surface area (Å²) >= 11 is 0. The molecule has 1 aliphatic rings. The van der Waals surface area contributed by atoms with E-state index in [1.165, 1.54) is 12.1 Å². The minimum Gasteiger partial charge on any atom is -0.396 e. The van der Waals surface area contributed by atoms with Crippen LogP contribution >= 0.6 is 0 Å². The zero-order valence-corrected chi connectivity index (χ0v) is 12.1. The van der Waals surface area contributed by atoms with Crippen LogP contribution in [0.1, 0.15) is 6.42 Å². The fourth-order valence-electron chi connectivity index (χ4n) is 1.78. The molecule has 1 aromatic rings. The van der Waals surface area contributed by atoms with Crippen molar-refractivity contribution in [1.82, 2.24) is 14.9 Å². The molecule has 0 amide bonds. The molecule has 3 N–H and O–H groups in total. The Morgan fingerprint density at radius 1 is 1.38 bits per heavy atom. The minimum atomic E-state index is -3.78. The first-order valence-electron chi connectivity index (χ1n) is 6.41. The maximum atomic E-state index is 12.8. The highest BCUT2D eigenvalue weighted by molar-refractivity contribution is 7.90. The van der Waals surface area contributed by atoms with Gasteiger partial charge in [-0.1, -0.05) is 0 Å². The van der Waals surface area contributed by atoms with Crippen molar-refractivity contribution in [1.29, 1.82) is 0 Å². The summed E-state index contributed by atoms with van der Waals surface area (Å²) in [5, 5.41) is 11.6. The number of halogens is 1. The lowest BCUT2D eigenvalue weighted by atomic mass is 10.4. The third kappa shape index (κ3) is 4.38. The van der Waals surface area contributed by atoms with Gasteiger partial charge in [0, 0.05) is 13.2 Å². The van der Waals surface area contributed by atoms with E-state index in [4.69, 9.17) is 5.11 Å². The average molecular weight is 316 g/mol. The molecule has 21 heavy (non-hydrogen) atoms. The fraction of sp³-hybridized carbons (Fsp3) is 0.417. The van der Waals surface area contributed by atoms with Crippen LogP contribution in [-0.4, -0.2) is 50.9 Å². The van der Waals surface area contributed by atoms with E-state index in [1.807, 2.05) is 4.90 Å². The normalized spacial score (nSPS) is 16.2. The molecule has 116 valence electrons. The molecular formula is C12H17FN4O3S. The lowest BCUT2D eigenvalue weighted by Crippen LogP contribution is -2.50. The molecule has 1 aromatic carbocycles. The van der Waals surface area contributed by atoms with Crippen LogP contribution in [0.2, 0.25) is 0 Å². The van der Waals surface area contributed by atoms with Gasteiger partial charge in [-0.2, -0.15) is 0 Å². The second-order valence-electron chi connectivity index (χ2n) is 4.51. The Morgan fingerprint density at radius 3 is 2.67 bits per heavy atom. The number of aliphatic hydroxyl groups excluding tert-OH is 1. The van der Waals surface area contributed by atoms with Gasteiger partial charge in [0.1, 0.15) is 5.82 Å². The van der Waals surface area contributed by atoms with Gasteiger partial charge in [0.25, 0.3) is 10.0 Å². The highest BCUT2D eigenvalue weighted by atomic mass is 32.2. The number of rotatable bonds is 5. The summed E-state index contributed by atoms with van der Waals surface area (Å²) in [5.74, 6) is -0.346. The molecule has 0 saturated carbocycles. The summed E-state index contributed by atoms with van der Waals surface area (Å²) in [6.07, 6.45) is 0.633. The average Bonchev–Trinajstić information content (AvgIpc) is 2.47. The van der Waals surface area contributed by atoms with Crippen LogP contribution in [0.25, 0.3) is 0 Å². The van der Waals surface area contributed by atoms with E-state index in [-0.39, 0.29) is 17.5 Å². The molecule has 9 heteroatoms. The predicted octanol–water partition coefficient (Wildman–Crippen LogP) is -0.337. The van der Waals surface area contributed by atoms with Gasteiger partial charge in [-0.3, -0.25) is 4.90 Å². The molecule has 0 fully saturated rings. The molecule has 0 aliphatic carbocycles. The second-order valence-corrected chi connectivity index (χ2v) is 6.20. The summed E-state index contributed by atoms with van der Waals surface area (Å²) < 4.78 is 39.3. The molecule has 0 unspecified atom stereocenters. The first-order chi connectivity index (χ1) is 10.0. The van der Waals surface area contributed by atoms with Crippen LogP contribution < -0.4 is 10.0 Å². The second kappa shape index (κ2) is 6.83. The number of nitrogens with one attached hydrogen (secondary N) is 2. The molecule has 2 rings (SSSR count). The van der Waals surface area contributed by atoms with E-state index < -0.39 is 15.8 Å². The van der Waals surface area contributed by atoms with Crippen molar-refractivity contribution in [3.63, 3.8) is 0 Å². The van der Waals surface area contributed by atoms with Gasteiger partial charge in [0.2, 0.25) is 5.96 Å². The van der Waals surface area contributed by atoms with Gasteiger partial charge in [0.05, 0.1) is 18.2 Å². The van der Waals surface area contributed by atoms with E-state index in [0.717, 1.165) is 12.1 Å². The Labute approximate surface area is 122 Å². The van der Waals surface area contributed by atoms with Gasteiger partial charge in [-0.15, -0.1) is 0 Å². The molecule has 7 nitrogen and oxygen atoms in total. The molecule has 0 aromatic heterocycles. The Morgan fingerprint density at radius 2 is 2.10 bits per heavy atom. The zero-order chi connectivity index (χ0) is 15.3. The van der Waals surface area contributed by atoms with Crippen molar-refractivity contribution in [3.05, 3.63) is 30.1 Å². The number of sulfonamides is 1. The lowest BCUT2D eigenvalue weighted by Gasteiger charge is -2.26. The van der Waals surface area contributed by atoms with E-state index in [2.05, 4.69) is 15.0 Å². The summed E-state index contributed by atoms with van der Waals surface area (Å²) in [4.78, 5) is 5.97. The van der Waals surface area contributed by atoms with Crippen LogP contribution in [-0.2, 0) is 10.0 Å². The summed E-state index contributed by atoms with van der Waals surface area (Å²) in [6, 6.07) is 4.55. The van der Waals surface area contributed by atoms with Crippen molar-refractivity contribution >= 4 is 16.0 Å². The molecule has 0 bridgehead atoms. The van der Waals surface area contributed by atoms with Gasteiger partial charge in [0.15, 0.2) is 0 Å². The van der Waals surface area contributed by atoms with Crippen molar-refractivity contribution < 1.29 is 17.9 Å². The van der Waals surface area contributed by atoms with Crippen LogP contribution in [0.5, 0.6) is 0 Å². The van der Waals surface area contributed by atoms with Gasteiger partial charge in [-0.05, 0) is 30.7 Å². The predicted molar refractivity (Wildman–Crippen MR) is 75.4 cm³/mol. The van der Waals surface area contributed by atoms with Gasteiger partial charge < -0.3 is 10.4 Å². The quantitative estimate of drug-likeness (QED) is 0.691. The highest BCUT2D eigenvalue weighted by Crippen LogP contribution is 2.09. The summed E-state index contributed by atoms with van der Waals surface area (Å²) in [7, 11) is -3.78. The Hall–Kier alpha value is -1.71. The third-order valence-corrected chi connectivity index (χ3v) is 4.24. The molecule has 1 heterocycles. The maximum absolute atomic E-state index is 12.8. The molecular weight excluding hydrogens is 299 g/mol. The van der Waals surface area contributed by atoms with E-state index >= 15 is 0 Å². The highest BCUT2D eigenvalue weighted by Gasteiger charge is 2.19. The molecule has 0 radical (unpaired) electrons. The van der Waals surface area contributed by atoms with Crippen LogP contribution in [0.4, 0.5) is 4.39 Å². The minimum absolute atomic E-state index is 0.0314. The number of hydrogen-bond donors (Lipinski definition) is 3. The lowest BCUT2D eigenvalue weighted by molar-refractivity contribution is 0.218. The molecule has 0 saturated heterocycles. The van der Waals surface area contributed by atoms with Gasteiger partial charge >= 0.3 is 0 Å². The first kappa shape index (κ1) is 15.7. The first-order valence-corrected chi connectivity index (χ1v) is 7.89. The van der Waals surface area contributed by atoms with E-state index in [1.54, 1.807) is 0 Å². The van der Waals surface area contributed by atoms with E-state index in [0.29, 0.717) is 26.3 Å². The van der Waals surface area contributed by atoms with Gasteiger partial charge in [-0.25, -0.2) is 22.5 Å². The van der Waals surface area contributed by atoms with E-state index in [9.17, 15) is 12.8 Å². The van der Waals surface area contributed by atoms with Crippen molar-refractivity contribution in [3.8, 4) is 0 Å². The van der Waals surface area contributed by atoms with Crippen molar-refractivity contribution in [2.24, 2.45) is 4.99 Å². The smallest absolute Gasteiger partial charge is 0.264 e. The number of aliphatic imine (C=N–C) groups is 1. The largest absolute Gasteiger partial charge is 0.396 e. The Kier molecular flexibility index (Phi) is 5.10. The summed E-state index contributed by atoms with van der Waals surface area (Å²) in [5.41, 5.74) is 0. The molecule has 1 aliphatic heterocycles. The number of hydrogen-bond acceptors (Lipinski definition) is 6. The van der Waals surface area contributed by atoms with Crippen molar-refractivity contribution in [2.75, 3.05) is 26.5 Å². The number of nitrogens with zero attached hydrogens (tertiary/aromatic N) is 2. The Balaban J connectivity index is 1.98. The number of benzene rings is 1. The number of guanidine groups is 1. The summed E-state index contributed by atoms with van der Waals surface area (Å²) in [6.45, 7) is 1.55. The van der Waals surface area contributed by atoms with Crippen LogP contribution in [0.15, 0.2) is 34.2 Å². The number of aliphatic hydroxyl groups is 1. The zero-order valence-electron chi connectivity index (χ0n) is 11.3. The van der Waals surface area contributed by atoms with Crippen LogP contribution in [0.3, 0.4) is 0 Å². The third-order valence-electron chi connectivity index (χ3n) is 2.89. The standard InChI is InChI=1S/C12H17FN4O3S/c13-10-2-4-11(5-3-10)21(19,20)16-12-14-8-17(9-15-12)6-1-7-18/h2-5,18H,1,6-9H2,(H2,14,15,16). The fourth-order valence-corrected chi connectivity index (χ4v) is 2.78. The maximum Gasteiger partial charge on any atom is 0.264 e. The SMILES string of the molecule is O=S(=O)(NC1=NCN(CCCO)CN1)c1ccc(F)cc1. The monoisotopic (exact) mass is 316 g/mol. The Bertz CT molecular complexity index is 603.